The van der Waals surface area contributed by atoms with Crippen LogP contribution in [0.5, 0.6) is 0 Å². The average Bonchev–Trinajstić information content (AvgIpc) is 3.46. The lowest BCUT2D eigenvalue weighted by molar-refractivity contribution is 0.324. The van der Waals surface area contributed by atoms with Gasteiger partial charge in [-0.05, 0) is 21.5 Å². The summed E-state index contributed by atoms with van der Waals surface area (Å²) in [5.74, 6) is 2.37. The van der Waals surface area contributed by atoms with Gasteiger partial charge in [0.05, 0.1) is 30.2 Å². The van der Waals surface area contributed by atoms with E-state index in [1.54, 1.807) is 23.5 Å². The van der Waals surface area contributed by atoms with Gasteiger partial charge in [0.1, 0.15) is 0 Å². The molecule has 8 heteroatoms. The van der Waals surface area contributed by atoms with Gasteiger partial charge in [-0.25, -0.2) is 0 Å². The second-order valence-electron chi connectivity index (χ2n) is 7.26. The third-order valence-electron chi connectivity index (χ3n) is 5.46. The number of benzene rings is 3. The van der Waals surface area contributed by atoms with Gasteiger partial charge in [-0.2, -0.15) is 0 Å². The Hall–Kier alpha value is -0.580. The van der Waals surface area contributed by atoms with Crippen LogP contribution in [0.1, 0.15) is 0 Å². The van der Waals surface area contributed by atoms with Crippen LogP contribution in [0.25, 0.3) is 30.0 Å². The first kappa shape index (κ1) is 21.9. The molecule has 0 aliphatic carbocycles. The molecule has 3 heterocycles. The molecule has 2 N–H and O–H groups in total. The molecule has 3 aromatic rings. The Morgan fingerprint density at radius 2 is 0.906 bits per heavy atom. The van der Waals surface area contributed by atoms with E-state index < -0.39 is 0 Å². The van der Waals surface area contributed by atoms with Crippen molar-refractivity contribution in [3.63, 3.8) is 0 Å². The molecule has 0 radical (unpaired) electrons. The third kappa shape index (κ3) is 3.67. The minimum Gasteiger partial charge on any atom is -0.391 e. The lowest BCUT2D eigenvalue weighted by Gasteiger charge is -2.11. The van der Waals surface area contributed by atoms with E-state index in [1.807, 2.05) is 47.0 Å². The van der Waals surface area contributed by atoms with Gasteiger partial charge in [0.25, 0.3) is 0 Å². The van der Waals surface area contributed by atoms with Crippen LogP contribution in [0.15, 0.2) is 66.8 Å². The van der Waals surface area contributed by atoms with E-state index in [1.165, 1.54) is 56.2 Å². The lowest BCUT2D eigenvalue weighted by atomic mass is 9.99. The van der Waals surface area contributed by atoms with Crippen LogP contribution in [0.4, 0.5) is 0 Å². The fraction of sp³-hybridized carbons (Fsp3) is 0.167. The molecule has 0 fully saturated rings. The molecule has 0 unspecified atom stereocenters. The molecule has 32 heavy (non-hydrogen) atoms. The van der Waals surface area contributed by atoms with Gasteiger partial charge in [0, 0.05) is 31.8 Å². The number of aliphatic hydroxyl groups is 2. The quantitative estimate of drug-likeness (QED) is 0.398. The topological polar surface area (TPSA) is 40.5 Å². The first-order valence-electron chi connectivity index (χ1n) is 10.1. The highest BCUT2D eigenvalue weighted by atomic mass is 32.3. The van der Waals surface area contributed by atoms with E-state index in [2.05, 4.69) is 48.5 Å². The number of hydrogen-bond acceptors (Lipinski definition) is 8. The van der Waals surface area contributed by atoms with Crippen LogP contribution in [0.3, 0.4) is 0 Å². The maximum absolute atomic E-state index is 9.81. The SMILES string of the molecule is OCC1=C(CO)SC(=c2c3ccccc3c(=C3SC4=C(SCCS4)S3)c3ccccc23)S1. The lowest BCUT2D eigenvalue weighted by Crippen LogP contribution is -2.16. The fourth-order valence-electron chi connectivity index (χ4n) is 4.09. The molecule has 0 atom stereocenters. The Morgan fingerprint density at radius 3 is 1.28 bits per heavy atom. The molecule has 3 aliphatic rings. The number of fused-ring (bicyclic) bond motifs is 2. The molecule has 3 aromatic carbocycles. The summed E-state index contributed by atoms with van der Waals surface area (Å²) in [7, 11) is 0. The van der Waals surface area contributed by atoms with Crippen LogP contribution < -0.4 is 10.4 Å². The minimum atomic E-state index is -0.0389. The monoisotopic (exact) mass is 530 g/mol. The molecule has 0 aromatic heterocycles. The van der Waals surface area contributed by atoms with Crippen molar-refractivity contribution in [2.75, 3.05) is 24.7 Å². The highest BCUT2D eigenvalue weighted by Crippen LogP contribution is 2.60. The maximum atomic E-state index is 9.81. The Labute approximate surface area is 211 Å². The van der Waals surface area contributed by atoms with E-state index in [4.69, 9.17) is 0 Å². The number of rotatable bonds is 2. The minimum absolute atomic E-state index is 0.0389. The van der Waals surface area contributed by atoms with Crippen LogP contribution >= 0.6 is 70.6 Å². The summed E-state index contributed by atoms with van der Waals surface area (Å²) >= 11 is 11.0. The van der Waals surface area contributed by atoms with Gasteiger partial charge >= 0.3 is 0 Å². The summed E-state index contributed by atoms with van der Waals surface area (Å²) in [6.45, 7) is -0.0778. The van der Waals surface area contributed by atoms with Crippen molar-refractivity contribution in [2.24, 2.45) is 0 Å². The number of aliphatic hydroxyl groups excluding tert-OH is 2. The summed E-state index contributed by atoms with van der Waals surface area (Å²) in [5.41, 5.74) is 0. The molecule has 0 saturated carbocycles. The molecule has 0 saturated heterocycles. The average molecular weight is 531 g/mol. The van der Waals surface area contributed by atoms with E-state index in [0.29, 0.717) is 0 Å². The Balaban J connectivity index is 1.70. The molecular weight excluding hydrogens is 513 g/mol. The van der Waals surface area contributed by atoms with Crippen molar-refractivity contribution < 1.29 is 10.2 Å². The summed E-state index contributed by atoms with van der Waals surface area (Å²) in [6, 6.07) is 17.4. The zero-order valence-electron chi connectivity index (χ0n) is 16.8. The van der Waals surface area contributed by atoms with Crippen LogP contribution in [0.2, 0.25) is 0 Å². The van der Waals surface area contributed by atoms with E-state index in [9.17, 15) is 10.2 Å². The standard InChI is InChI=1S/C24H18O2S6/c25-11-17-18(12-26)30-21(29-17)19-13-5-1-3-7-15(13)20(16-8-4-2-6-14(16)19)22-31-23-24(32-22)28-10-9-27-23/h1-8,25-26H,9-12H2. The van der Waals surface area contributed by atoms with Crippen LogP contribution in [0, 0.1) is 0 Å². The first-order chi connectivity index (χ1) is 15.8. The summed E-state index contributed by atoms with van der Waals surface area (Å²) in [4.78, 5) is 1.71. The summed E-state index contributed by atoms with van der Waals surface area (Å²) < 4.78 is 5.42. The molecule has 0 bridgehead atoms. The van der Waals surface area contributed by atoms with Crippen molar-refractivity contribution in [1.29, 1.82) is 0 Å². The third-order valence-corrected chi connectivity index (χ3v) is 13.9. The highest BCUT2D eigenvalue weighted by molar-refractivity contribution is 8.46. The first-order valence-corrected chi connectivity index (χ1v) is 15.4. The summed E-state index contributed by atoms with van der Waals surface area (Å²) in [6.07, 6.45) is 0. The Kier molecular flexibility index (Phi) is 6.32. The smallest absolute Gasteiger partial charge is 0.0753 e. The largest absolute Gasteiger partial charge is 0.391 e. The van der Waals surface area contributed by atoms with Crippen LogP contribution in [-0.2, 0) is 0 Å². The molecular formula is C24H18O2S6. The number of thioether (sulfide) groups is 6. The number of hydrogen-bond donors (Lipinski definition) is 2. The zero-order chi connectivity index (χ0) is 21.7. The normalized spacial score (nSPS) is 19.1. The van der Waals surface area contributed by atoms with Gasteiger partial charge in [0.2, 0.25) is 0 Å². The fourth-order valence-corrected chi connectivity index (χ4v) is 12.8. The van der Waals surface area contributed by atoms with E-state index in [-0.39, 0.29) is 13.2 Å². The van der Waals surface area contributed by atoms with E-state index in [0.717, 1.165) is 14.0 Å². The maximum Gasteiger partial charge on any atom is 0.0753 e. The van der Waals surface area contributed by atoms with Crippen molar-refractivity contribution in [2.45, 2.75) is 0 Å². The van der Waals surface area contributed by atoms with Gasteiger partial charge in [-0.15, -0.1) is 23.5 Å². The predicted molar refractivity (Wildman–Crippen MR) is 151 cm³/mol. The van der Waals surface area contributed by atoms with E-state index >= 15 is 0 Å². The van der Waals surface area contributed by atoms with Gasteiger partial charge in [0.15, 0.2) is 0 Å². The Bertz CT molecular complexity index is 1260. The molecule has 2 nitrogen and oxygen atoms in total. The van der Waals surface area contributed by atoms with Gasteiger partial charge < -0.3 is 10.2 Å². The summed E-state index contributed by atoms with van der Waals surface area (Å²) in [5, 5.41) is 27.2. The van der Waals surface area contributed by atoms with Gasteiger partial charge in [-0.3, -0.25) is 0 Å². The van der Waals surface area contributed by atoms with Crippen LogP contribution in [-0.4, -0.2) is 34.9 Å². The van der Waals surface area contributed by atoms with Crippen molar-refractivity contribution in [3.05, 3.63) is 77.3 Å². The van der Waals surface area contributed by atoms with Crippen molar-refractivity contribution >= 4 is 101 Å². The predicted octanol–water partition coefficient (Wildman–Crippen LogP) is 5.89. The highest BCUT2D eigenvalue weighted by Gasteiger charge is 2.27. The second-order valence-corrected chi connectivity index (χ2v) is 14.8. The Morgan fingerprint density at radius 1 is 0.531 bits per heavy atom. The molecule has 3 aliphatic heterocycles. The molecule has 0 spiro atoms. The molecule has 0 amide bonds. The zero-order valence-corrected chi connectivity index (χ0v) is 21.7. The van der Waals surface area contributed by atoms with Gasteiger partial charge in [-0.1, -0.05) is 95.6 Å². The molecule has 162 valence electrons. The second kappa shape index (κ2) is 9.23. The van der Waals surface area contributed by atoms with Crippen molar-refractivity contribution in [3.8, 4) is 0 Å². The molecule has 6 rings (SSSR count). The van der Waals surface area contributed by atoms with Crippen molar-refractivity contribution in [1.82, 2.24) is 0 Å².